The molecule has 0 aliphatic carbocycles. The number of pyridine rings is 1. The Hall–Kier alpha value is -2.07. The van der Waals surface area contributed by atoms with Crippen LogP contribution in [0.1, 0.15) is 41.3 Å². The van der Waals surface area contributed by atoms with E-state index in [1.54, 1.807) is 6.07 Å². The summed E-state index contributed by atoms with van der Waals surface area (Å²) in [5.74, 6) is -0.202. The van der Waals surface area contributed by atoms with Crippen LogP contribution in [0.2, 0.25) is 5.02 Å². The number of ether oxygens (including phenoxy) is 1. The van der Waals surface area contributed by atoms with Crippen LogP contribution < -0.4 is 4.74 Å². The van der Waals surface area contributed by atoms with Gasteiger partial charge in [-0.1, -0.05) is 25.4 Å². The number of aromatic carboxylic acids is 1. The smallest absolute Gasteiger partial charge is 0.341 e. The number of benzene rings is 1. The predicted octanol–water partition coefficient (Wildman–Crippen LogP) is 4.66. The SMILES string of the molecule is Cc1cc(Cl)c(C(C)C)cc1Oc1ncccc1C(=O)O. The summed E-state index contributed by atoms with van der Waals surface area (Å²) in [7, 11) is 0. The van der Waals surface area contributed by atoms with Crippen molar-refractivity contribution in [2.75, 3.05) is 0 Å². The molecule has 0 aliphatic heterocycles. The number of carbonyl (C=O) groups is 1. The minimum Gasteiger partial charge on any atom is -0.477 e. The highest BCUT2D eigenvalue weighted by molar-refractivity contribution is 6.31. The van der Waals surface area contributed by atoms with Crippen molar-refractivity contribution in [3.8, 4) is 11.6 Å². The molecule has 0 spiro atoms. The van der Waals surface area contributed by atoms with Crippen LogP contribution in [0.15, 0.2) is 30.5 Å². The molecule has 0 amide bonds. The molecule has 0 fully saturated rings. The minimum atomic E-state index is -1.08. The van der Waals surface area contributed by atoms with Crippen molar-refractivity contribution in [2.45, 2.75) is 26.7 Å². The summed E-state index contributed by atoms with van der Waals surface area (Å²) < 4.78 is 5.70. The number of hydrogen-bond donors (Lipinski definition) is 1. The first-order chi connectivity index (χ1) is 9.90. The number of halogens is 1. The van der Waals surface area contributed by atoms with Crippen LogP contribution in [-0.2, 0) is 0 Å². The number of aromatic nitrogens is 1. The maximum Gasteiger partial charge on any atom is 0.341 e. The van der Waals surface area contributed by atoms with Gasteiger partial charge in [0, 0.05) is 11.2 Å². The van der Waals surface area contributed by atoms with Gasteiger partial charge in [0.15, 0.2) is 0 Å². The summed E-state index contributed by atoms with van der Waals surface area (Å²) in [4.78, 5) is 15.2. The maximum atomic E-state index is 11.2. The quantitative estimate of drug-likeness (QED) is 0.892. The topological polar surface area (TPSA) is 59.4 Å². The molecule has 5 heteroatoms. The summed E-state index contributed by atoms with van der Waals surface area (Å²) in [6.07, 6.45) is 1.50. The van der Waals surface area contributed by atoms with Gasteiger partial charge in [0.1, 0.15) is 11.3 Å². The molecule has 0 aliphatic rings. The van der Waals surface area contributed by atoms with E-state index >= 15 is 0 Å². The molecule has 0 atom stereocenters. The number of carboxylic acid groups (broad SMARTS) is 1. The first kappa shape index (κ1) is 15.3. The van der Waals surface area contributed by atoms with Gasteiger partial charge in [-0.15, -0.1) is 0 Å². The Morgan fingerprint density at radius 3 is 2.71 bits per heavy atom. The molecule has 1 aromatic heterocycles. The van der Waals surface area contributed by atoms with Crippen LogP contribution in [0.5, 0.6) is 11.6 Å². The van der Waals surface area contributed by atoms with E-state index in [1.807, 2.05) is 32.9 Å². The van der Waals surface area contributed by atoms with E-state index in [0.29, 0.717) is 10.8 Å². The van der Waals surface area contributed by atoms with Crippen LogP contribution >= 0.6 is 11.6 Å². The zero-order valence-electron chi connectivity index (χ0n) is 12.1. The second kappa shape index (κ2) is 6.14. The number of rotatable bonds is 4. The van der Waals surface area contributed by atoms with E-state index in [0.717, 1.165) is 11.1 Å². The summed E-state index contributed by atoms with van der Waals surface area (Å²) in [5, 5.41) is 9.83. The average Bonchev–Trinajstić information content (AvgIpc) is 2.41. The van der Waals surface area contributed by atoms with E-state index in [1.165, 1.54) is 12.3 Å². The third kappa shape index (κ3) is 3.34. The van der Waals surface area contributed by atoms with Crippen molar-refractivity contribution in [1.29, 1.82) is 0 Å². The van der Waals surface area contributed by atoms with Crippen LogP contribution in [-0.4, -0.2) is 16.1 Å². The Balaban J connectivity index is 2.45. The molecule has 2 aromatic rings. The highest BCUT2D eigenvalue weighted by Crippen LogP contribution is 2.34. The molecule has 4 nitrogen and oxygen atoms in total. The van der Waals surface area contributed by atoms with Crippen molar-refractivity contribution < 1.29 is 14.6 Å². The second-order valence-corrected chi connectivity index (χ2v) is 5.46. The number of nitrogens with zero attached hydrogens (tertiary/aromatic N) is 1. The monoisotopic (exact) mass is 305 g/mol. The lowest BCUT2D eigenvalue weighted by molar-refractivity contribution is 0.0693. The lowest BCUT2D eigenvalue weighted by Crippen LogP contribution is -2.02. The highest BCUT2D eigenvalue weighted by Gasteiger charge is 2.15. The average molecular weight is 306 g/mol. The minimum absolute atomic E-state index is 0.0259. The summed E-state index contributed by atoms with van der Waals surface area (Å²) in [6.45, 7) is 5.92. The van der Waals surface area contributed by atoms with Crippen molar-refractivity contribution in [3.05, 3.63) is 52.2 Å². The summed E-state index contributed by atoms with van der Waals surface area (Å²) in [5.41, 5.74) is 1.80. The molecule has 0 unspecified atom stereocenters. The lowest BCUT2D eigenvalue weighted by atomic mass is 10.0. The fourth-order valence-electron chi connectivity index (χ4n) is 1.96. The summed E-state index contributed by atoms with van der Waals surface area (Å²) >= 11 is 6.22. The van der Waals surface area contributed by atoms with Crippen LogP contribution in [0.4, 0.5) is 0 Å². The van der Waals surface area contributed by atoms with Gasteiger partial charge in [-0.2, -0.15) is 0 Å². The van der Waals surface area contributed by atoms with Crippen molar-refractivity contribution in [3.63, 3.8) is 0 Å². The lowest BCUT2D eigenvalue weighted by Gasteiger charge is -2.14. The molecule has 0 saturated carbocycles. The zero-order valence-corrected chi connectivity index (χ0v) is 12.8. The predicted molar refractivity (Wildman–Crippen MR) is 81.5 cm³/mol. The van der Waals surface area contributed by atoms with Gasteiger partial charge in [-0.25, -0.2) is 9.78 Å². The third-order valence-corrected chi connectivity index (χ3v) is 3.45. The number of hydrogen-bond acceptors (Lipinski definition) is 3. The third-order valence-electron chi connectivity index (χ3n) is 3.12. The highest BCUT2D eigenvalue weighted by atomic mass is 35.5. The molecule has 21 heavy (non-hydrogen) atoms. The van der Waals surface area contributed by atoms with Crippen molar-refractivity contribution in [1.82, 2.24) is 4.98 Å². The maximum absolute atomic E-state index is 11.2. The second-order valence-electron chi connectivity index (χ2n) is 5.06. The van der Waals surface area contributed by atoms with E-state index < -0.39 is 5.97 Å². The van der Waals surface area contributed by atoms with Gasteiger partial charge in [0.05, 0.1) is 0 Å². The molecule has 0 bridgehead atoms. The molecule has 0 radical (unpaired) electrons. The van der Waals surface area contributed by atoms with E-state index in [-0.39, 0.29) is 17.4 Å². The molecule has 1 aromatic carbocycles. The van der Waals surface area contributed by atoms with Gasteiger partial charge in [-0.3, -0.25) is 0 Å². The number of aryl methyl sites for hydroxylation is 1. The Labute approximate surface area is 128 Å². The largest absolute Gasteiger partial charge is 0.477 e. The van der Waals surface area contributed by atoms with Crippen LogP contribution in [0.3, 0.4) is 0 Å². The summed E-state index contributed by atoms with van der Waals surface area (Å²) in [6, 6.07) is 6.67. The van der Waals surface area contributed by atoms with Gasteiger partial charge >= 0.3 is 5.97 Å². The zero-order chi connectivity index (χ0) is 15.6. The first-order valence-corrected chi connectivity index (χ1v) is 6.94. The van der Waals surface area contributed by atoms with Gasteiger partial charge in [0.25, 0.3) is 0 Å². The van der Waals surface area contributed by atoms with E-state index in [2.05, 4.69) is 4.98 Å². The standard InChI is InChI=1S/C16H16ClNO3/c1-9(2)12-8-14(10(3)7-13(12)17)21-15-11(16(19)20)5-4-6-18-15/h4-9H,1-3H3,(H,19,20). The number of carboxylic acids is 1. The Morgan fingerprint density at radius 1 is 1.38 bits per heavy atom. The normalized spacial score (nSPS) is 10.7. The van der Waals surface area contributed by atoms with Gasteiger partial charge in [-0.05, 0) is 48.2 Å². The Kier molecular flexibility index (Phi) is 4.48. The van der Waals surface area contributed by atoms with Crippen LogP contribution in [0, 0.1) is 6.92 Å². The van der Waals surface area contributed by atoms with Gasteiger partial charge < -0.3 is 9.84 Å². The van der Waals surface area contributed by atoms with Gasteiger partial charge in [0.2, 0.25) is 5.88 Å². The molecule has 1 N–H and O–H groups in total. The first-order valence-electron chi connectivity index (χ1n) is 6.56. The Morgan fingerprint density at radius 2 is 2.10 bits per heavy atom. The fraction of sp³-hybridized carbons (Fsp3) is 0.250. The molecule has 1 heterocycles. The van der Waals surface area contributed by atoms with Crippen LogP contribution in [0.25, 0.3) is 0 Å². The molecular formula is C16H16ClNO3. The molecule has 110 valence electrons. The fourth-order valence-corrected chi connectivity index (χ4v) is 2.40. The van der Waals surface area contributed by atoms with Crippen molar-refractivity contribution in [2.24, 2.45) is 0 Å². The van der Waals surface area contributed by atoms with Crippen molar-refractivity contribution >= 4 is 17.6 Å². The molecular weight excluding hydrogens is 290 g/mol. The molecule has 2 rings (SSSR count). The molecule has 0 saturated heterocycles. The van der Waals surface area contributed by atoms with E-state index in [9.17, 15) is 4.79 Å². The van der Waals surface area contributed by atoms with E-state index in [4.69, 9.17) is 21.4 Å². The Bertz CT molecular complexity index is 683.